The van der Waals surface area contributed by atoms with Gasteiger partial charge in [-0.2, -0.15) is 0 Å². The van der Waals surface area contributed by atoms with Crippen molar-refractivity contribution >= 4 is 5.69 Å². The maximum Gasteiger partial charge on any atom is 0.272 e. The van der Waals surface area contributed by atoms with Gasteiger partial charge in [-0.25, -0.2) is 0 Å². The molecule has 0 spiro atoms. The van der Waals surface area contributed by atoms with Gasteiger partial charge in [0.15, 0.2) is 0 Å². The van der Waals surface area contributed by atoms with Gasteiger partial charge in [0, 0.05) is 17.5 Å². The first-order valence-corrected chi connectivity index (χ1v) is 4.25. The maximum atomic E-state index is 10.5. The largest absolute Gasteiger partial charge is 0.395 e. The Morgan fingerprint density at radius 2 is 2.21 bits per heavy atom. The van der Waals surface area contributed by atoms with E-state index in [1.54, 1.807) is 26.0 Å². The Kier molecular flexibility index (Phi) is 3.19. The van der Waals surface area contributed by atoms with Crippen molar-refractivity contribution in [2.75, 3.05) is 6.61 Å². The van der Waals surface area contributed by atoms with E-state index in [-0.39, 0.29) is 12.3 Å². The zero-order valence-electron chi connectivity index (χ0n) is 8.15. The summed E-state index contributed by atoms with van der Waals surface area (Å²) in [6.45, 7) is 3.45. The summed E-state index contributed by atoms with van der Waals surface area (Å²) in [6.07, 6.45) is 0. The Morgan fingerprint density at radius 3 is 2.64 bits per heavy atom. The molecule has 0 saturated carbocycles. The zero-order chi connectivity index (χ0) is 10.7. The molecule has 0 heterocycles. The number of benzene rings is 1. The molecule has 1 rings (SSSR count). The van der Waals surface area contributed by atoms with E-state index in [1.165, 1.54) is 6.07 Å². The van der Waals surface area contributed by atoms with Crippen molar-refractivity contribution in [1.29, 1.82) is 0 Å². The van der Waals surface area contributed by atoms with E-state index in [9.17, 15) is 10.1 Å². The van der Waals surface area contributed by atoms with Gasteiger partial charge < -0.3 is 5.11 Å². The summed E-state index contributed by atoms with van der Waals surface area (Å²) in [5, 5.41) is 19.4. The van der Waals surface area contributed by atoms with Crippen LogP contribution >= 0.6 is 0 Å². The van der Waals surface area contributed by atoms with Crippen LogP contribution in [-0.2, 0) is 0 Å². The molecule has 0 atom stereocenters. The minimum atomic E-state index is -0.409. The molecular weight excluding hydrogens is 182 g/mol. The molecule has 0 fully saturated rings. The zero-order valence-corrected chi connectivity index (χ0v) is 8.15. The van der Waals surface area contributed by atoms with E-state index in [1.807, 2.05) is 0 Å². The number of aliphatic hydroxyl groups excluding tert-OH is 1. The normalized spacial score (nSPS) is 10.6. The van der Waals surface area contributed by atoms with Crippen LogP contribution in [0, 0.1) is 23.0 Å². The highest BCUT2D eigenvalue weighted by Crippen LogP contribution is 2.22. The second kappa shape index (κ2) is 4.19. The van der Waals surface area contributed by atoms with Gasteiger partial charge in [-0.1, -0.05) is 13.0 Å². The van der Waals surface area contributed by atoms with Gasteiger partial charge in [0.2, 0.25) is 0 Å². The summed E-state index contributed by atoms with van der Waals surface area (Å²) in [7, 11) is 0. The monoisotopic (exact) mass is 194 g/mol. The molecule has 1 aromatic rings. The smallest absolute Gasteiger partial charge is 0.272 e. The number of nitro groups is 1. The number of hydrogen-bond donors (Lipinski definition) is 1. The summed E-state index contributed by atoms with van der Waals surface area (Å²) < 4.78 is 0. The van der Waals surface area contributed by atoms with E-state index >= 15 is 0 Å². The first kappa shape index (κ1) is 10.7. The van der Waals surface area contributed by atoms with Gasteiger partial charge in [-0.15, -0.1) is 0 Å². The number of rotatable bonds is 3. The van der Waals surface area contributed by atoms with Gasteiger partial charge in [0.25, 0.3) is 5.69 Å². The van der Waals surface area contributed by atoms with Crippen molar-refractivity contribution in [3.8, 4) is 0 Å². The van der Waals surface area contributed by atoms with E-state index in [4.69, 9.17) is 5.11 Å². The molecule has 4 nitrogen and oxygen atoms in total. The molecule has 0 aliphatic carbocycles. The Bertz CT molecular complexity index is 349. The van der Waals surface area contributed by atoms with Crippen LogP contribution in [-0.4, -0.2) is 16.6 Å². The molecule has 0 aliphatic heterocycles. The number of nitro benzene ring substituents is 1. The molecule has 0 aromatic heterocycles. The van der Waals surface area contributed by atoms with Crippen LogP contribution in [0.2, 0.25) is 0 Å². The van der Waals surface area contributed by atoms with Gasteiger partial charge in [0.1, 0.15) is 0 Å². The van der Waals surface area contributed by atoms with Crippen LogP contribution in [0.5, 0.6) is 0 Å². The van der Waals surface area contributed by atoms with Gasteiger partial charge in [-0.05, 0) is 18.6 Å². The minimum absolute atomic E-state index is 0.0305. The van der Waals surface area contributed by atoms with Crippen molar-refractivity contribution < 1.29 is 10.0 Å². The van der Waals surface area contributed by atoms with E-state index < -0.39 is 4.92 Å². The topological polar surface area (TPSA) is 63.4 Å². The molecule has 1 N–H and O–H groups in total. The molecule has 0 unspecified atom stereocenters. The molecule has 75 valence electrons. The van der Waals surface area contributed by atoms with Crippen LogP contribution < -0.4 is 0 Å². The minimum Gasteiger partial charge on any atom is -0.395 e. The molecule has 0 bridgehead atoms. The SMILES string of the molecule is C[C](CO)c1ccc([N+](=O)[O-])c(C)c1. The van der Waals surface area contributed by atoms with E-state index in [0.29, 0.717) is 5.56 Å². The van der Waals surface area contributed by atoms with Crippen LogP contribution in [0.1, 0.15) is 18.1 Å². The number of aryl methyl sites for hydroxylation is 1. The first-order valence-electron chi connectivity index (χ1n) is 4.25. The molecule has 1 radical (unpaired) electrons. The summed E-state index contributed by atoms with van der Waals surface area (Å²) >= 11 is 0. The lowest BCUT2D eigenvalue weighted by atomic mass is 9.99. The van der Waals surface area contributed by atoms with Crippen molar-refractivity contribution in [1.82, 2.24) is 0 Å². The van der Waals surface area contributed by atoms with Gasteiger partial charge in [0.05, 0.1) is 11.5 Å². The fourth-order valence-electron chi connectivity index (χ4n) is 1.22. The number of hydrogen-bond acceptors (Lipinski definition) is 3. The molecule has 0 amide bonds. The molecule has 4 heteroatoms. The highest BCUT2D eigenvalue weighted by molar-refractivity contribution is 5.45. The Hall–Kier alpha value is -1.42. The van der Waals surface area contributed by atoms with Crippen LogP contribution in [0.4, 0.5) is 5.69 Å². The summed E-state index contributed by atoms with van der Waals surface area (Å²) in [5.41, 5.74) is 1.57. The third-order valence-electron chi connectivity index (χ3n) is 2.12. The second-order valence-corrected chi connectivity index (χ2v) is 3.20. The first-order chi connectivity index (χ1) is 6.56. The summed E-state index contributed by atoms with van der Waals surface area (Å²) in [4.78, 5) is 10.1. The Labute approximate surface area is 82.3 Å². The third-order valence-corrected chi connectivity index (χ3v) is 2.12. The average molecular weight is 194 g/mol. The molecule has 1 aromatic carbocycles. The van der Waals surface area contributed by atoms with Gasteiger partial charge in [-0.3, -0.25) is 10.1 Å². The standard InChI is InChI=1S/C10H12NO3/c1-7-5-9(8(2)6-12)3-4-10(7)11(13)14/h3-5,12H,6H2,1-2H3. The fourth-order valence-corrected chi connectivity index (χ4v) is 1.22. The molecule has 0 saturated heterocycles. The van der Waals surface area contributed by atoms with E-state index in [0.717, 1.165) is 11.5 Å². The lowest BCUT2D eigenvalue weighted by molar-refractivity contribution is -0.385. The van der Waals surface area contributed by atoms with E-state index in [2.05, 4.69) is 0 Å². The summed E-state index contributed by atoms with van der Waals surface area (Å²) in [6, 6.07) is 4.82. The predicted octanol–water partition coefficient (Wildman–Crippen LogP) is 1.84. The van der Waals surface area contributed by atoms with Crippen LogP contribution in [0.3, 0.4) is 0 Å². The third kappa shape index (κ3) is 2.09. The fraction of sp³-hybridized carbons (Fsp3) is 0.300. The number of nitrogens with zero attached hydrogens (tertiary/aromatic N) is 1. The van der Waals surface area contributed by atoms with Crippen molar-refractivity contribution in [3.63, 3.8) is 0 Å². The highest BCUT2D eigenvalue weighted by Gasteiger charge is 2.12. The van der Waals surface area contributed by atoms with Crippen molar-refractivity contribution in [3.05, 3.63) is 45.4 Å². The van der Waals surface area contributed by atoms with Gasteiger partial charge >= 0.3 is 0 Å². The van der Waals surface area contributed by atoms with Crippen molar-refractivity contribution in [2.24, 2.45) is 0 Å². The van der Waals surface area contributed by atoms with Crippen LogP contribution in [0.25, 0.3) is 0 Å². The number of aliphatic hydroxyl groups is 1. The highest BCUT2D eigenvalue weighted by atomic mass is 16.6. The predicted molar refractivity (Wildman–Crippen MR) is 52.9 cm³/mol. The Balaban J connectivity index is 3.06. The van der Waals surface area contributed by atoms with Crippen LogP contribution in [0.15, 0.2) is 18.2 Å². The quantitative estimate of drug-likeness (QED) is 0.589. The lowest BCUT2D eigenvalue weighted by Gasteiger charge is -2.07. The molecule has 0 aliphatic rings. The Morgan fingerprint density at radius 1 is 1.57 bits per heavy atom. The van der Waals surface area contributed by atoms with Crippen molar-refractivity contribution in [2.45, 2.75) is 13.8 Å². The molecular formula is C10H12NO3. The second-order valence-electron chi connectivity index (χ2n) is 3.20. The summed E-state index contributed by atoms with van der Waals surface area (Å²) in [5.74, 6) is 0.808. The lowest BCUT2D eigenvalue weighted by Crippen LogP contribution is -2.01. The molecule has 14 heavy (non-hydrogen) atoms. The maximum absolute atomic E-state index is 10.5. The average Bonchev–Trinajstić information content (AvgIpc) is 2.15.